The molecule has 3 aromatic carbocycles. The van der Waals surface area contributed by atoms with E-state index in [-0.39, 0.29) is 23.3 Å². The Morgan fingerprint density at radius 2 is 1.63 bits per heavy atom. The highest BCUT2D eigenvalue weighted by molar-refractivity contribution is 7.89. The van der Waals surface area contributed by atoms with E-state index < -0.39 is 10.0 Å². The monoisotopic (exact) mass is 534 g/mol. The van der Waals surface area contributed by atoms with E-state index >= 15 is 0 Å². The summed E-state index contributed by atoms with van der Waals surface area (Å²) >= 11 is 0. The van der Waals surface area contributed by atoms with Gasteiger partial charge in [0.25, 0.3) is 5.91 Å². The summed E-state index contributed by atoms with van der Waals surface area (Å²) in [6.45, 7) is 3.15. The van der Waals surface area contributed by atoms with Gasteiger partial charge in [-0.3, -0.25) is 4.79 Å². The summed E-state index contributed by atoms with van der Waals surface area (Å²) in [4.78, 5) is 20.5. The number of carbonyl (C=O) groups is 1. The highest BCUT2D eigenvalue weighted by Gasteiger charge is 2.31. The molecule has 1 aromatic heterocycles. The first kappa shape index (κ1) is 25.7. The summed E-state index contributed by atoms with van der Waals surface area (Å²) in [7, 11) is -3.64. The van der Waals surface area contributed by atoms with E-state index in [9.17, 15) is 13.2 Å². The van der Waals surface area contributed by atoms with E-state index in [1.165, 1.54) is 16.4 Å². The average molecular weight is 535 g/mol. The van der Waals surface area contributed by atoms with Crippen molar-refractivity contribution >= 4 is 32.7 Å². The largest absolute Gasteiger partial charge is 0.494 e. The van der Waals surface area contributed by atoms with Crippen LogP contribution in [0, 0.1) is 0 Å². The van der Waals surface area contributed by atoms with Gasteiger partial charge in [-0.15, -0.1) is 0 Å². The van der Waals surface area contributed by atoms with E-state index in [2.05, 4.69) is 15.3 Å². The van der Waals surface area contributed by atoms with Crippen molar-refractivity contribution in [3.05, 3.63) is 78.6 Å². The second kappa shape index (κ2) is 11.2. The Labute approximate surface area is 221 Å². The molecule has 38 heavy (non-hydrogen) atoms. The van der Waals surface area contributed by atoms with Crippen LogP contribution in [-0.2, 0) is 14.8 Å². The predicted molar refractivity (Wildman–Crippen MR) is 145 cm³/mol. The maximum absolute atomic E-state index is 13.2. The number of anilines is 1. The normalized spacial score (nSPS) is 14.9. The molecule has 1 saturated heterocycles. The van der Waals surface area contributed by atoms with Crippen LogP contribution in [0.2, 0.25) is 0 Å². The molecule has 1 aliphatic heterocycles. The molecule has 4 aromatic rings. The number of rotatable bonds is 9. The molecular weight excluding hydrogens is 504 g/mol. The highest BCUT2D eigenvalue weighted by atomic mass is 32.2. The van der Waals surface area contributed by atoms with Gasteiger partial charge in [0.2, 0.25) is 10.0 Å². The van der Waals surface area contributed by atoms with E-state index in [0.717, 1.165) is 22.6 Å². The Balaban J connectivity index is 1.13. The van der Waals surface area contributed by atoms with Crippen LogP contribution >= 0.6 is 0 Å². The lowest BCUT2D eigenvalue weighted by Crippen LogP contribution is -2.38. The van der Waals surface area contributed by atoms with Gasteiger partial charge in [-0.05, 0) is 80.4 Å². The van der Waals surface area contributed by atoms with Crippen molar-refractivity contribution in [3.63, 3.8) is 0 Å². The zero-order valence-corrected chi connectivity index (χ0v) is 21.9. The van der Waals surface area contributed by atoms with Crippen LogP contribution in [-0.4, -0.2) is 54.9 Å². The number of H-pyrrole nitrogens is 1. The molecule has 198 valence electrons. The van der Waals surface area contributed by atoms with Crippen molar-refractivity contribution in [1.82, 2.24) is 14.3 Å². The van der Waals surface area contributed by atoms with Crippen LogP contribution < -0.4 is 14.8 Å². The van der Waals surface area contributed by atoms with Crippen LogP contribution in [0.5, 0.6) is 11.5 Å². The third-order valence-electron chi connectivity index (χ3n) is 6.53. The lowest BCUT2D eigenvalue weighted by molar-refractivity contribution is -0.118. The molecule has 2 heterocycles. The van der Waals surface area contributed by atoms with Gasteiger partial charge in [-0.25, -0.2) is 13.4 Å². The van der Waals surface area contributed by atoms with Gasteiger partial charge < -0.3 is 19.8 Å². The molecule has 2 N–H and O–H groups in total. The molecule has 0 saturated carbocycles. The zero-order chi connectivity index (χ0) is 26.5. The molecule has 0 bridgehead atoms. The third kappa shape index (κ3) is 5.81. The number of piperidine rings is 1. The Morgan fingerprint density at radius 1 is 0.974 bits per heavy atom. The number of ether oxygens (including phenoxy) is 2. The van der Waals surface area contributed by atoms with Crippen LogP contribution in [0.25, 0.3) is 11.0 Å². The number of nitrogens with one attached hydrogen (secondary N) is 2. The molecule has 1 fully saturated rings. The lowest BCUT2D eigenvalue weighted by Gasteiger charge is -2.30. The first-order valence-electron chi connectivity index (χ1n) is 12.6. The van der Waals surface area contributed by atoms with E-state index in [4.69, 9.17) is 9.47 Å². The standard InChI is InChI=1S/C28H30N4O5S/c1-2-36-22-9-11-23(12-10-22)37-19-27(33)29-21-7-13-24(14-8-21)38(34,35)32-17-15-20(16-18-32)28-30-25-5-3-4-6-26(25)31-28/h3-14,20H,2,15-19H2,1H3,(H,29,33)(H,30,31). The quantitative estimate of drug-likeness (QED) is 0.326. The fourth-order valence-corrected chi connectivity index (χ4v) is 6.01. The van der Waals surface area contributed by atoms with Gasteiger partial charge in [-0.2, -0.15) is 4.31 Å². The molecule has 0 aliphatic carbocycles. The van der Waals surface area contributed by atoms with Gasteiger partial charge in [0, 0.05) is 24.7 Å². The Morgan fingerprint density at radius 3 is 2.29 bits per heavy atom. The van der Waals surface area contributed by atoms with Crippen LogP contribution in [0.3, 0.4) is 0 Å². The van der Waals surface area contributed by atoms with Crippen molar-refractivity contribution in [2.45, 2.75) is 30.6 Å². The SMILES string of the molecule is CCOc1ccc(OCC(=O)Nc2ccc(S(=O)(=O)N3CCC(c4nc5ccccc5[nH]4)CC3)cc2)cc1. The maximum atomic E-state index is 13.2. The third-order valence-corrected chi connectivity index (χ3v) is 8.44. The summed E-state index contributed by atoms with van der Waals surface area (Å²) in [5.74, 6) is 2.04. The minimum absolute atomic E-state index is 0.172. The van der Waals surface area contributed by atoms with Crippen LogP contribution in [0.4, 0.5) is 5.69 Å². The number of benzene rings is 3. The highest BCUT2D eigenvalue weighted by Crippen LogP contribution is 2.30. The molecule has 0 radical (unpaired) electrons. The number of hydrogen-bond acceptors (Lipinski definition) is 6. The molecule has 1 aliphatic rings. The molecule has 0 atom stereocenters. The van der Waals surface area contributed by atoms with Gasteiger partial charge in [0.1, 0.15) is 17.3 Å². The smallest absolute Gasteiger partial charge is 0.262 e. The number of hydrogen-bond donors (Lipinski definition) is 2. The Kier molecular flexibility index (Phi) is 7.62. The van der Waals surface area contributed by atoms with Gasteiger partial charge >= 0.3 is 0 Å². The summed E-state index contributed by atoms with van der Waals surface area (Å²) in [6, 6.07) is 21.1. The zero-order valence-electron chi connectivity index (χ0n) is 21.1. The van der Waals surface area contributed by atoms with Crippen LogP contribution in [0.1, 0.15) is 31.5 Å². The maximum Gasteiger partial charge on any atom is 0.262 e. The van der Waals surface area contributed by atoms with E-state index in [1.807, 2.05) is 31.2 Å². The first-order valence-corrected chi connectivity index (χ1v) is 14.1. The second-order valence-corrected chi connectivity index (χ2v) is 11.0. The van der Waals surface area contributed by atoms with Gasteiger partial charge in [0.15, 0.2) is 6.61 Å². The lowest BCUT2D eigenvalue weighted by atomic mass is 9.97. The fraction of sp³-hybridized carbons (Fsp3) is 0.286. The molecule has 5 rings (SSSR count). The molecule has 0 spiro atoms. The fourth-order valence-electron chi connectivity index (χ4n) is 4.54. The molecule has 10 heteroatoms. The van der Waals surface area contributed by atoms with Crippen molar-refractivity contribution < 1.29 is 22.7 Å². The number of fused-ring (bicyclic) bond motifs is 1. The summed E-state index contributed by atoms with van der Waals surface area (Å²) in [5, 5.41) is 2.73. The van der Waals surface area contributed by atoms with Crippen LogP contribution in [0.15, 0.2) is 77.7 Å². The number of imidazole rings is 1. The summed E-state index contributed by atoms with van der Waals surface area (Å²) < 4.78 is 38.8. The minimum Gasteiger partial charge on any atom is -0.494 e. The van der Waals surface area contributed by atoms with E-state index in [1.54, 1.807) is 36.4 Å². The number of para-hydroxylation sites is 2. The average Bonchev–Trinajstić information content (AvgIpc) is 3.38. The van der Waals surface area contributed by atoms with Crippen molar-refractivity contribution in [1.29, 1.82) is 0 Å². The number of sulfonamides is 1. The molecule has 0 unspecified atom stereocenters. The minimum atomic E-state index is -3.64. The summed E-state index contributed by atoms with van der Waals surface area (Å²) in [6.07, 6.45) is 1.39. The molecule has 1 amide bonds. The number of carbonyl (C=O) groups excluding carboxylic acids is 1. The Hall–Kier alpha value is -3.89. The van der Waals surface area contributed by atoms with Gasteiger partial charge in [0.05, 0.1) is 22.5 Å². The van der Waals surface area contributed by atoms with E-state index in [0.29, 0.717) is 44.0 Å². The topological polar surface area (TPSA) is 114 Å². The summed E-state index contributed by atoms with van der Waals surface area (Å²) in [5.41, 5.74) is 2.41. The number of nitrogens with zero attached hydrogens (tertiary/aromatic N) is 2. The molecule has 9 nitrogen and oxygen atoms in total. The van der Waals surface area contributed by atoms with Crippen molar-refractivity contribution in [2.24, 2.45) is 0 Å². The second-order valence-electron chi connectivity index (χ2n) is 9.08. The predicted octanol–water partition coefficient (Wildman–Crippen LogP) is 4.55. The molecular formula is C28H30N4O5S. The van der Waals surface area contributed by atoms with Gasteiger partial charge in [-0.1, -0.05) is 12.1 Å². The number of amides is 1. The van der Waals surface area contributed by atoms with Crippen molar-refractivity contribution in [2.75, 3.05) is 31.6 Å². The number of aromatic amines is 1. The number of aromatic nitrogens is 2. The first-order chi connectivity index (χ1) is 18.4. The Bertz CT molecular complexity index is 1460. The van der Waals surface area contributed by atoms with Crippen molar-refractivity contribution in [3.8, 4) is 11.5 Å².